The molecule has 10 heteroatoms. The molecule has 0 unspecified atom stereocenters. The van der Waals surface area contributed by atoms with Gasteiger partial charge in [-0.2, -0.15) is 0 Å². The van der Waals surface area contributed by atoms with Crippen LogP contribution in [0, 0.1) is 0 Å². The SMILES string of the molecule is CCOC(=O)c1ccccc1NC(=O)COc1ccc(N(C)S(=O)(=O)c2ccc(Cl)cc2)cc1. The third kappa shape index (κ3) is 6.06. The van der Waals surface area contributed by atoms with E-state index in [4.69, 9.17) is 21.1 Å². The number of carbonyl (C=O) groups is 2. The van der Waals surface area contributed by atoms with Crippen LogP contribution in [-0.4, -0.2) is 40.6 Å². The minimum atomic E-state index is -3.77. The molecule has 3 aromatic rings. The zero-order valence-electron chi connectivity index (χ0n) is 18.5. The molecule has 34 heavy (non-hydrogen) atoms. The van der Waals surface area contributed by atoms with Crippen LogP contribution in [0.15, 0.2) is 77.7 Å². The van der Waals surface area contributed by atoms with Crippen LogP contribution in [0.4, 0.5) is 11.4 Å². The van der Waals surface area contributed by atoms with Crippen LogP contribution in [0.5, 0.6) is 5.75 Å². The molecule has 0 radical (unpaired) electrons. The van der Waals surface area contributed by atoms with Crippen LogP contribution < -0.4 is 14.4 Å². The molecule has 0 heterocycles. The average Bonchev–Trinajstić information content (AvgIpc) is 2.83. The molecule has 0 fully saturated rings. The summed E-state index contributed by atoms with van der Waals surface area (Å²) in [6, 6.07) is 18.6. The van der Waals surface area contributed by atoms with Gasteiger partial charge in [-0.05, 0) is 67.6 Å². The number of hydrogen-bond donors (Lipinski definition) is 1. The number of carbonyl (C=O) groups excluding carboxylic acids is 2. The highest BCUT2D eigenvalue weighted by atomic mass is 35.5. The zero-order chi connectivity index (χ0) is 24.7. The van der Waals surface area contributed by atoms with Crippen LogP contribution in [0.25, 0.3) is 0 Å². The number of halogens is 1. The van der Waals surface area contributed by atoms with Crippen LogP contribution in [-0.2, 0) is 19.6 Å². The van der Waals surface area contributed by atoms with Crippen molar-refractivity contribution in [3.63, 3.8) is 0 Å². The number of benzene rings is 3. The van der Waals surface area contributed by atoms with Crippen LogP contribution in [0.3, 0.4) is 0 Å². The third-order valence-electron chi connectivity index (χ3n) is 4.74. The van der Waals surface area contributed by atoms with E-state index in [1.165, 1.54) is 31.3 Å². The Bertz CT molecular complexity index is 1260. The standard InChI is InChI=1S/C24H23ClN2O6S/c1-3-32-24(29)21-6-4-5-7-22(21)26-23(28)16-33-19-12-10-18(11-13-19)27(2)34(30,31)20-14-8-17(25)9-15-20/h4-15H,3,16H2,1-2H3,(H,26,28). The van der Waals surface area contributed by atoms with Gasteiger partial charge in [0.1, 0.15) is 5.75 Å². The lowest BCUT2D eigenvalue weighted by molar-refractivity contribution is -0.118. The van der Waals surface area contributed by atoms with Crippen molar-refractivity contribution in [2.45, 2.75) is 11.8 Å². The Kier molecular flexibility index (Phi) is 8.14. The predicted octanol–water partition coefficient (Wildman–Crippen LogP) is 4.36. The number of rotatable bonds is 9. The van der Waals surface area contributed by atoms with E-state index < -0.39 is 21.9 Å². The summed E-state index contributed by atoms with van der Waals surface area (Å²) in [5, 5.41) is 3.07. The summed E-state index contributed by atoms with van der Waals surface area (Å²) in [7, 11) is -2.33. The first-order chi connectivity index (χ1) is 16.2. The molecule has 3 aromatic carbocycles. The summed E-state index contributed by atoms with van der Waals surface area (Å²) < 4.78 is 37.2. The van der Waals surface area contributed by atoms with E-state index in [0.717, 1.165) is 4.31 Å². The van der Waals surface area contributed by atoms with E-state index in [-0.39, 0.29) is 23.7 Å². The number of anilines is 2. The van der Waals surface area contributed by atoms with Gasteiger partial charge < -0.3 is 14.8 Å². The molecule has 178 valence electrons. The van der Waals surface area contributed by atoms with Crippen molar-refractivity contribution < 1.29 is 27.5 Å². The Morgan fingerprint density at radius 2 is 1.62 bits per heavy atom. The van der Waals surface area contributed by atoms with Gasteiger partial charge in [0, 0.05) is 12.1 Å². The first kappa shape index (κ1) is 25.1. The Balaban J connectivity index is 1.62. The minimum Gasteiger partial charge on any atom is -0.484 e. The topological polar surface area (TPSA) is 102 Å². The summed E-state index contributed by atoms with van der Waals surface area (Å²) in [4.78, 5) is 24.5. The molecule has 0 aromatic heterocycles. The van der Waals surface area contributed by atoms with E-state index in [9.17, 15) is 18.0 Å². The molecule has 1 amide bonds. The molecule has 0 aliphatic carbocycles. The highest BCUT2D eigenvalue weighted by Crippen LogP contribution is 2.25. The second-order valence-corrected chi connectivity index (χ2v) is 9.43. The van der Waals surface area contributed by atoms with Gasteiger partial charge in [0.15, 0.2) is 6.61 Å². The molecule has 0 aliphatic heterocycles. The molecule has 0 bridgehead atoms. The second kappa shape index (κ2) is 11.0. The molecule has 0 saturated carbocycles. The zero-order valence-corrected chi connectivity index (χ0v) is 20.1. The van der Waals surface area contributed by atoms with E-state index in [1.807, 2.05) is 0 Å². The van der Waals surface area contributed by atoms with E-state index in [0.29, 0.717) is 22.1 Å². The third-order valence-corrected chi connectivity index (χ3v) is 6.79. The maximum absolute atomic E-state index is 12.8. The number of nitrogens with zero attached hydrogens (tertiary/aromatic N) is 1. The summed E-state index contributed by atoms with van der Waals surface area (Å²) in [6.45, 7) is 1.61. The fourth-order valence-corrected chi connectivity index (χ4v) is 4.29. The van der Waals surface area contributed by atoms with Crippen molar-refractivity contribution in [1.29, 1.82) is 0 Å². The average molecular weight is 503 g/mol. The number of esters is 1. The van der Waals surface area contributed by atoms with Gasteiger partial charge in [-0.25, -0.2) is 13.2 Å². The number of amides is 1. The van der Waals surface area contributed by atoms with Gasteiger partial charge in [-0.15, -0.1) is 0 Å². The number of hydrogen-bond acceptors (Lipinski definition) is 6. The smallest absolute Gasteiger partial charge is 0.340 e. The Morgan fingerprint density at radius 3 is 2.26 bits per heavy atom. The van der Waals surface area contributed by atoms with Gasteiger partial charge in [0.25, 0.3) is 15.9 Å². The van der Waals surface area contributed by atoms with Crippen molar-refractivity contribution in [2.75, 3.05) is 29.9 Å². The lowest BCUT2D eigenvalue weighted by Gasteiger charge is -2.20. The highest BCUT2D eigenvalue weighted by molar-refractivity contribution is 7.92. The minimum absolute atomic E-state index is 0.111. The summed E-state index contributed by atoms with van der Waals surface area (Å²) in [6.07, 6.45) is 0. The Morgan fingerprint density at radius 1 is 0.971 bits per heavy atom. The lowest BCUT2D eigenvalue weighted by atomic mass is 10.2. The largest absolute Gasteiger partial charge is 0.484 e. The van der Waals surface area contributed by atoms with Crippen LogP contribution >= 0.6 is 11.6 Å². The normalized spacial score (nSPS) is 10.9. The maximum atomic E-state index is 12.8. The molecule has 0 aliphatic rings. The van der Waals surface area contributed by atoms with Crippen molar-refractivity contribution in [1.82, 2.24) is 0 Å². The second-order valence-electron chi connectivity index (χ2n) is 7.02. The van der Waals surface area contributed by atoms with Crippen LogP contribution in [0.1, 0.15) is 17.3 Å². The summed E-state index contributed by atoms with van der Waals surface area (Å²) >= 11 is 5.84. The fourth-order valence-electron chi connectivity index (χ4n) is 2.97. The van der Waals surface area contributed by atoms with E-state index >= 15 is 0 Å². The van der Waals surface area contributed by atoms with E-state index in [2.05, 4.69) is 5.32 Å². The number of ether oxygens (including phenoxy) is 2. The van der Waals surface area contributed by atoms with E-state index in [1.54, 1.807) is 55.5 Å². The molecular formula is C24H23ClN2O6S. The van der Waals surface area contributed by atoms with Crippen molar-refractivity contribution in [3.05, 3.63) is 83.4 Å². The summed E-state index contributed by atoms with van der Waals surface area (Å²) in [5.41, 5.74) is 0.973. The Labute approximate surface area is 203 Å². The number of sulfonamides is 1. The monoisotopic (exact) mass is 502 g/mol. The fraction of sp³-hybridized carbons (Fsp3) is 0.167. The predicted molar refractivity (Wildman–Crippen MR) is 130 cm³/mol. The quantitative estimate of drug-likeness (QED) is 0.436. The van der Waals surface area contributed by atoms with Crippen molar-refractivity contribution in [3.8, 4) is 5.75 Å². The van der Waals surface area contributed by atoms with Crippen molar-refractivity contribution >= 4 is 44.9 Å². The van der Waals surface area contributed by atoms with Gasteiger partial charge in [0.05, 0.1) is 28.4 Å². The number of nitrogens with one attached hydrogen (secondary N) is 1. The molecular weight excluding hydrogens is 480 g/mol. The van der Waals surface area contributed by atoms with Crippen molar-refractivity contribution in [2.24, 2.45) is 0 Å². The molecule has 3 rings (SSSR count). The molecule has 0 saturated heterocycles. The van der Waals surface area contributed by atoms with Gasteiger partial charge in [-0.3, -0.25) is 9.10 Å². The molecule has 0 atom stereocenters. The Hall–Kier alpha value is -3.56. The van der Waals surface area contributed by atoms with Gasteiger partial charge in [0.2, 0.25) is 0 Å². The van der Waals surface area contributed by atoms with Crippen LogP contribution in [0.2, 0.25) is 5.02 Å². The first-order valence-corrected chi connectivity index (χ1v) is 12.1. The summed E-state index contributed by atoms with van der Waals surface area (Å²) in [5.74, 6) is -0.634. The van der Waals surface area contributed by atoms with Gasteiger partial charge >= 0.3 is 5.97 Å². The first-order valence-electron chi connectivity index (χ1n) is 10.3. The molecule has 0 spiro atoms. The number of para-hydroxylation sites is 1. The lowest BCUT2D eigenvalue weighted by Crippen LogP contribution is -2.26. The maximum Gasteiger partial charge on any atom is 0.340 e. The molecule has 8 nitrogen and oxygen atoms in total. The highest BCUT2D eigenvalue weighted by Gasteiger charge is 2.21. The van der Waals surface area contributed by atoms with Gasteiger partial charge in [-0.1, -0.05) is 23.7 Å². The molecule has 1 N–H and O–H groups in total.